The molecule has 0 bridgehead atoms. The highest BCUT2D eigenvalue weighted by Gasteiger charge is 2.22. The number of hydrogen-bond acceptors (Lipinski definition) is 1. The summed E-state index contributed by atoms with van der Waals surface area (Å²) in [5.41, 5.74) is 2.38. The van der Waals surface area contributed by atoms with Crippen molar-refractivity contribution in [3.63, 3.8) is 0 Å². The first-order chi connectivity index (χ1) is 10.6. The maximum absolute atomic E-state index is 6.20. The summed E-state index contributed by atoms with van der Waals surface area (Å²) in [6, 6.07) is 21.1. The van der Waals surface area contributed by atoms with Gasteiger partial charge in [-0.1, -0.05) is 73.7 Å². The molecular formula is C21H26O. The largest absolute Gasteiger partial charge is 0.371 e. The van der Waals surface area contributed by atoms with Gasteiger partial charge in [0, 0.05) is 5.92 Å². The third kappa shape index (κ3) is 4.85. The number of hydrogen-bond donors (Lipinski definition) is 0. The molecule has 0 radical (unpaired) electrons. The van der Waals surface area contributed by atoms with Gasteiger partial charge in [0.2, 0.25) is 0 Å². The van der Waals surface area contributed by atoms with Crippen LogP contribution < -0.4 is 0 Å². The Labute approximate surface area is 134 Å². The summed E-state index contributed by atoms with van der Waals surface area (Å²) in [4.78, 5) is 0. The molecule has 0 saturated heterocycles. The van der Waals surface area contributed by atoms with E-state index in [1.165, 1.54) is 11.1 Å². The van der Waals surface area contributed by atoms with E-state index in [1.54, 1.807) is 0 Å². The first kappa shape index (κ1) is 16.5. The Hall–Kier alpha value is -1.86. The van der Waals surface area contributed by atoms with Gasteiger partial charge in [-0.2, -0.15) is 0 Å². The molecule has 0 fully saturated rings. The molecule has 0 N–H and O–H groups in total. The molecule has 2 atom stereocenters. The summed E-state index contributed by atoms with van der Waals surface area (Å²) in [5, 5.41) is 0. The molecular weight excluding hydrogens is 268 g/mol. The van der Waals surface area contributed by atoms with E-state index in [2.05, 4.69) is 69.0 Å². The maximum Gasteiger partial charge on any atom is 0.0835 e. The molecule has 0 heterocycles. The van der Waals surface area contributed by atoms with Crippen LogP contribution >= 0.6 is 0 Å². The van der Waals surface area contributed by atoms with Crippen molar-refractivity contribution in [1.29, 1.82) is 0 Å². The quantitative estimate of drug-likeness (QED) is 0.594. The Balaban J connectivity index is 1.89. The first-order valence-corrected chi connectivity index (χ1v) is 7.99. The molecule has 0 aromatic heterocycles. The lowest BCUT2D eigenvalue weighted by atomic mass is 9.96. The van der Waals surface area contributed by atoms with Gasteiger partial charge >= 0.3 is 0 Å². The van der Waals surface area contributed by atoms with Crippen molar-refractivity contribution in [3.05, 3.63) is 84.4 Å². The van der Waals surface area contributed by atoms with E-state index in [0.717, 1.165) is 12.8 Å². The Morgan fingerprint density at radius 2 is 1.64 bits per heavy atom. The smallest absolute Gasteiger partial charge is 0.0835 e. The summed E-state index contributed by atoms with van der Waals surface area (Å²) in [6.45, 7) is 9.01. The van der Waals surface area contributed by atoms with Crippen LogP contribution in [-0.2, 0) is 11.2 Å². The maximum atomic E-state index is 6.20. The molecule has 2 rings (SSSR count). The molecule has 1 heteroatoms. The average molecular weight is 294 g/mol. The Morgan fingerprint density at radius 3 is 2.23 bits per heavy atom. The lowest BCUT2D eigenvalue weighted by molar-refractivity contribution is -0.00614. The van der Waals surface area contributed by atoms with Crippen molar-refractivity contribution >= 4 is 0 Å². The van der Waals surface area contributed by atoms with Gasteiger partial charge in [-0.15, -0.1) is 6.58 Å². The van der Waals surface area contributed by atoms with Crippen molar-refractivity contribution in [2.75, 3.05) is 6.61 Å². The van der Waals surface area contributed by atoms with Crippen molar-refractivity contribution in [2.45, 2.75) is 38.2 Å². The summed E-state index contributed by atoms with van der Waals surface area (Å²) in [5.74, 6) is 0.386. The molecule has 0 aliphatic carbocycles. The average Bonchev–Trinajstić information content (AvgIpc) is 2.59. The Kier molecular flexibility index (Phi) is 5.97. The van der Waals surface area contributed by atoms with Gasteiger partial charge < -0.3 is 4.74 Å². The summed E-state index contributed by atoms with van der Waals surface area (Å²) >= 11 is 0. The third-order valence-corrected chi connectivity index (χ3v) is 4.22. The fourth-order valence-corrected chi connectivity index (χ4v) is 2.46. The van der Waals surface area contributed by atoms with Gasteiger partial charge in [0.05, 0.1) is 12.2 Å². The van der Waals surface area contributed by atoms with Gasteiger partial charge in [-0.25, -0.2) is 0 Å². The number of benzene rings is 2. The highest BCUT2D eigenvalue weighted by atomic mass is 16.5. The minimum atomic E-state index is -0.279. The van der Waals surface area contributed by atoms with Crippen molar-refractivity contribution in [3.8, 4) is 0 Å². The zero-order valence-electron chi connectivity index (χ0n) is 13.7. The van der Waals surface area contributed by atoms with Gasteiger partial charge in [-0.3, -0.25) is 0 Å². The monoisotopic (exact) mass is 294 g/mol. The molecule has 0 amide bonds. The highest BCUT2D eigenvalue weighted by molar-refractivity contribution is 5.19. The van der Waals surface area contributed by atoms with E-state index in [4.69, 9.17) is 4.74 Å². The highest BCUT2D eigenvalue weighted by Crippen LogP contribution is 2.23. The third-order valence-electron chi connectivity index (χ3n) is 4.22. The lowest BCUT2D eigenvalue weighted by Gasteiger charge is -2.28. The lowest BCUT2D eigenvalue weighted by Crippen LogP contribution is -2.28. The van der Waals surface area contributed by atoms with Gasteiger partial charge in [0.1, 0.15) is 0 Å². The first-order valence-electron chi connectivity index (χ1n) is 7.99. The van der Waals surface area contributed by atoms with Crippen molar-refractivity contribution < 1.29 is 4.74 Å². The summed E-state index contributed by atoms with van der Waals surface area (Å²) in [6.07, 6.45) is 3.89. The minimum absolute atomic E-state index is 0.279. The molecule has 116 valence electrons. The molecule has 0 aliphatic rings. The molecule has 22 heavy (non-hydrogen) atoms. The zero-order valence-corrected chi connectivity index (χ0v) is 13.7. The van der Waals surface area contributed by atoms with Crippen LogP contribution in [0.2, 0.25) is 0 Å². The van der Waals surface area contributed by atoms with E-state index in [1.807, 2.05) is 18.2 Å². The van der Waals surface area contributed by atoms with E-state index in [0.29, 0.717) is 12.5 Å². The Bertz CT molecular complexity index is 561. The number of ether oxygens (including phenoxy) is 1. The summed E-state index contributed by atoms with van der Waals surface area (Å²) < 4.78 is 6.20. The van der Waals surface area contributed by atoms with E-state index in [-0.39, 0.29) is 5.60 Å². The second-order valence-corrected chi connectivity index (χ2v) is 6.13. The fourth-order valence-electron chi connectivity index (χ4n) is 2.46. The molecule has 0 saturated carbocycles. The van der Waals surface area contributed by atoms with Crippen LogP contribution in [0.3, 0.4) is 0 Å². The topological polar surface area (TPSA) is 9.23 Å². The van der Waals surface area contributed by atoms with Crippen LogP contribution in [0.25, 0.3) is 0 Å². The van der Waals surface area contributed by atoms with E-state index < -0.39 is 0 Å². The minimum Gasteiger partial charge on any atom is -0.371 e. The van der Waals surface area contributed by atoms with Crippen molar-refractivity contribution in [2.24, 2.45) is 0 Å². The molecule has 0 aliphatic heterocycles. The van der Waals surface area contributed by atoms with Crippen LogP contribution in [-0.4, -0.2) is 12.2 Å². The second kappa shape index (κ2) is 7.95. The zero-order chi connectivity index (χ0) is 15.8. The normalized spacial score (nSPS) is 15.0. The van der Waals surface area contributed by atoms with Gasteiger partial charge in [0.25, 0.3) is 0 Å². The van der Waals surface area contributed by atoms with Crippen LogP contribution in [0.1, 0.15) is 37.3 Å². The van der Waals surface area contributed by atoms with Crippen LogP contribution in [0.5, 0.6) is 0 Å². The van der Waals surface area contributed by atoms with Crippen molar-refractivity contribution in [1.82, 2.24) is 0 Å². The molecule has 0 spiro atoms. The number of aryl methyl sites for hydroxylation is 1. The molecule has 2 aromatic carbocycles. The molecule has 2 aromatic rings. The van der Waals surface area contributed by atoms with Gasteiger partial charge in [-0.05, 0) is 30.9 Å². The second-order valence-electron chi connectivity index (χ2n) is 6.13. The van der Waals surface area contributed by atoms with E-state index in [9.17, 15) is 0 Å². The predicted octanol–water partition coefficient (Wildman–Crippen LogP) is 5.38. The predicted molar refractivity (Wildman–Crippen MR) is 94.2 cm³/mol. The number of rotatable bonds is 8. The molecule has 2 unspecified atom stereocenters. The standard InChI is InChI=1S/C21H26O/c1-4-21(3,16-15-19-11-7-5-8-12-19)22-17-18(2)20-13-9-6-10-14-20/h4-14,18H,1,15-17H2,2-3H3. The van der Waals surface area contributed by atoms with Gasteiger partial charge in [0.15, 0.2) is 0 Å². The Morgan fingerprint density at radius 1 is 1.05 bits per heavy atom. The van der Waals surface area contributed by atoms with Crippen LogP contribution in [0.4, 0.5) is 0 Å². The summed E-state index contributed by atoms with van der Waals surface area (Å²) in [7, 11) is 0. The SMILES string of the molecule is C=CC(C)(CCc1ccccc1)OCC(C)c1ccccc1. The van der Waals surface area contributed by atoms with Crippen LogP contribution in [0.15, 0.2) is 73.3 Å². The molecule has 1 nitrogen and oxygen atoms in total. The van der Waals surface area contributed by atoms with Crippen LogP contribution in [0, 0.1) is 0 Å². The fraction of sp³-hybridized carbons (Fsp3) is 0.333. The van der Waals surface area contributed by atoms with E-state index >= 15 is 0 Å².